The third-order valence-corrected chi connectivity index (χ3v) is 6.35. The van der Waals surface area contributed by atoms with E-state index in [1.54, 1.807) is 11.8 Å². The van der Waals surface area contributed by atoms with E-state index in [1.807, 2.05) is 6.92 Å². The number of alkyl halides is 3. The van der Waals surface area contributed by atoms with E-state index in [4.69, 9.17) is 0 Å². The molecule has 5 nitrogen and oxygen atoms in total. The van der Waals surface area contributed by atoms with Gasteiger partial charge in [0.15, 0.2) is 0 Å². The second-order valence-electron chi connectivity index (χ2n) is 6.03. The van der Waals surface area contributed by atoms with Gasteiger partial charge in [0.2, 0.25) is 15.9 Å². The second-order valence-corrected chi connectivity index (χ2v) is 7.94. The van der Waals surface area contributed by atoms with Crippen LogP contribution in [0.25, 0.3) is 0 Å². The van der Waals surface area contributed by atoms with Gasteiger partial charge in [-0.1, -0.05) is 26.0 Å². The van der Waals surface area contributed by atoms with Crippen LogP contribution in [0.1, 0.15) is 25.8 Å². The molecule has 0 saturated carbocycles. The molecule has 1 amide bonds. The Balaban J connectivity index is 2.20. The number of benzene rings is 1. The quantitative estimate of drug-likeness (QED) is 0.809. The lowest BCUT2D eigenvalue weighted by Gasteiger charge is -2.35. The van der Waals surface area contributed by atoms with Gasteiger partial charge in [-0.25, -0.2) is 8.42 Å². The molecule has 1 aliphatic heterocycles. The summed E-state index contributed by atoms with van der Waals surface area (Å²) in [6, 6.07) is 4.15. The summed E-state index contributed by atoms with van der Waals surface area (Å²) < 4.78 is 65.6. The molecule has 1 aromatic rings. The van der Waals surface area contributed by atoms with Crippen molar-refractivity contribution in [3.8, 4) is 0 Å². The van der Waals surface area contributed by atoms with Crippen molar-refractivity contribution in [2.45, 2.75) is 31.3 Å². The zero-order chi connectivity index (χ0) is 18.8. The van der Waals surface area contributed by atoms with Gasteiger partial charge in [-0.15, -0.1) is 0 Å². The molecule has 0 aromatic heterocycles. The van der Waals surface area contributed by atoms with Crippen molar-refractivity contribution in [1.82, 2.24) is 9.21 Å². The molecule has 0 bridgehead atoms. The largest absolute Gasteiger partial charge is 0.417 e. The van der Waals surface area contributed by atoms with Crippen LogP contribution in [-0.2, 0) is 21.0 Å². The molecule has 9 heteroatoms. The fraction of sp³-hybridized carbons (Fsp3) is 0.562. The zero-order valence-corrected chi connectivity index (χ0v) is 14.9. The summed E-state index contributed by atoms with van der Waals surface area (Å²) in [5, 5.41) is 0. The molecule has 1 atom stereocenters. The number of nitrogens with zero attached hydrogens (tertiary/aromatic N) is 2. The summed E-state index contributed by atoms with van der Waals surface area (Å²) in [6.45, 7) is 4.00. The number of hydrogen-bond donors (Lipinski definition) is 0. The van der Waals surface area contributed by atoms with Gasteiger partial charge < -0.3 is 4.90 Å². The first kappa shape index (κ1) is 19.7. The third-order valence-electron chi connectivity index (χ3n) is 4.39. The minimum absolute atomic E-state index is 0.0172. The number of rotatable bonds is 4. The highest BCUT2D eigenvalue weighted by Gasteiger charge is 2.39. The molecular formula is C16H21F3N2O3S. The summed E-state index contributed by atoms with van der Waals surface area (Å²) in [5.74, 6) is -0.218. The molecule has 2 rings (SSSR count). The molecule has 0 N–H and O–H groups in total. The van der Waals surface area contributed by atoms with Crippen molar-refractivity contribution in [2.24, 2.45) is 5.92 Å². The number of halogens is 3. The van der Waals surface area contributed by atoms with Crippen LogP contribution < -0.4 is 0 Å². The highest BCUT2D eigenvalue weighted by Crippen LogP contribution is 2.35. The van der Waals surface area contributed by atoms with Crippen molar-refractivity contribution in [1.29, 1.82) is 0 Å². The van der Waals surface area contributed by atoms with Gasteiger partial charge in [-0.3, -0.25) is 4.79 Å². The first-order chi connectivity index (χ1) is 11.6. The summed E-state index contributed by atoms with van der Waals surface area (Å²) >= 11 is 0. The van der Waals surface area contributed by atoms with E-state index >= 15 is 0 Å². The highest BCUT2D eigenvalue weighted by molar-refractivity contribution is 7.89. The van der Waals surface area contributed by atoms with Crippen molar-refractivity contribution < 1.29 is 26.4 Å². The van der Waals surface area contributed by atoms with Crippen LogP contribution in [0, 0.1) is 5.92 Å². The average molecular weight is 378 g/mol. The lowest BCUT2D eigenvalue weighted by Crippen LogP contribution is -2.51. The minimum atomic E-state index is -4.75. The van der Waals surface area contributed by atoms with Gasteiger partial charge in [-0.05, 0) is 18.6 Å². The lowest BCUT2D eigenvalue weighted by molar-refractivity contribution is -0.140. The van der Waals surface area contributed by atoms with E-state index in [1.165, 1.54) is 6.07 Å². The standard InChI is InChI=1S/C16H21F3N2O3S/c1-3-12(2)15(22)20-8-10-21(11-9-20)25(23,24)14-7-5-4-6-13(14)16(17,18)19/h4-7,12H,3,8-11H2,1-2H3/t12-/m0/s1. The molecule has 140 valence electrons. The topological polar surface area (TPSA) is 57.7 Å². The van der Waals surface area contributed by atoms with Gasteiger partial charge in [0.1, 0.15) is 0 Å². The molecule has 0 spiro atoms. The van der Waals surface area contributed by atoms with Crippen LogP contribution in [-0.4, -0.2) is 49.7 Å². The van der Waals surface area contributed by atoms with Crippen LogP contribution in [0.4, 0.5) is 13.2 Å². The minimum Gasteiger partial charge on any atom is -0.340 e. The molecule has 0 aliphatic carbocycles. The van der Waals surface area contributed by atoms with Crippen molar-refractivity contribution in [2.75, 3.05) is 26.2 Å². The molecule has 25 heavy (non-hydrogen) atoms. The Hall–Kier alpha value is -1.61. The summed E-state index contributed by atoms with van der Waals surface area (Å²) in [5.41, 5.74) is -1.17. The fourth-order valence-corrected chi connectivity index (χ4v) is 4.33. The van der Waals surface area contributed by atoms with Crippen LogP contribution in [0.2, 0.25) is 0 Å². The van der Waals surface area contributed by atoms with Gasteiger partial charge in [0.05, 0.1) is 10.5 Å². The van der Waals surface area contributed by atoms with Gasteiger partial charge in [0, 0.05) is 32.1 Å². The highest BCUT2D eigenvalue weighted by atomic mass is 32.2. The third kappa shape index (κ3) is 4.14. The maximum Gasteiger partial charge on any atom is 0.417 e. The number of hydrogen-bond acceptors (Lipinski definition) is 3. The number of amides is 1. The molecule has 0 unspecified atom stereocenters. The Morgan fingerprint density at radius 2 is 1.72 bits per heavy atom. The predicted octanol–water partition coefficient (Wildman–Crippen LogP) is 2.58. The number of carbonyl (C=O) groups excluding carboxylic acids is 1. The summed E-state index contributed by atoms with van der Waals surface area (Å²) in [4.78, 5) is 13.0. The van der Waals surface area contributed by atoms with E-state index < -0.39 is 26.7 Å². The van der Waals surface area contributed by atoms with Crippen molar-refractivity contribution >= 4 is 15.9 Å². The van der Waals surface area contributed by atoms with E-state index in [0.717, 1.165) is 22.5 Å². The Morgan fingerprint density at radius 1 is 1.16 bits per heavy atom. The molecule has 1 saturated heterocycles. The van der Waals surface area contributed by atoms with Crippen LogP contribution >= 0.6 is 0 Å². The first-order valence-electron chi connectivity index (χ1n) is 8.04. The average Bonchev–Trinajstić information content (AvgIpc) is 2.59. The van der Waals surface area contributed by atoms with E-state index in [0.29, 0.717) is 6.42 Å². The maximum absolute atomic E-state index is 13.1. The SMILES string of the molecule is CC[C@H](C)C(=O)N1CCN(S(=O)(=O)c2ccccc2C(F)(F)F)CC1. The summed E-state index contributed by atoms with van der Waals surface area (Å²) in [7, 11) is -4.28. The summed E-state index contributed by atoms with van der Waals surface area (Å²) in [6.07, 6.45) is -4.08. The smallest absolute Gasteiger partial charge is 0.340 e. The number of sulfonamides is 1. The Morgan fingerprint density at radius 3 is 2.24 bits per heavy atom. The number of piperazine rings is 1. The molecule has 0 radical (unpaired) electrons. The normalized spacial score (nSPS) is 18.2. The molecule has 1 heterocycles. The fourth-order valence-electron chi connectivity index (χ4n) is 2.70. The molecule has 1 aliphatic rings. The lowest BCUT2D eigenvalue weighted by atomic mass is 10.1. The zero-order valence-electron chi connectivity index (χ0n) is 14.1. The van der Waals surface area contributed by atoms with Gasteiger partial charge in [-0.2, -0.15) is 17.5 Å². The van der Waals surface area contributed by atoms with Crippen LogP contribution in [0.5, 0.6) is 0 Å². The number of carbonyl (C=O) groups is 1. The van der Waals surface area contributed by atoms with E-state index in [-0.39, 0.29) is 38.0 Å². The molecule has 1 aromatic carbocycles. The molecule has 1 fully saturated rings. The van der Waals surface area contributed by atoms with E-state index in [2.05, 4.69) is 0 Å². The van der Waals surface area contributed by atoms with Crippen molar-refractivity contribution in [3.05, 3.63) is 29.8 Å². The Labute approximate surface area is 145 Å². The van der Waals surface area contributed by atoms with Gasteiger partial charge in [0.25, 0.3) is 0 Å². The molecular weight excluding hydrogens is 357 g/mol. The van der Waals surface area contributed by atoms with E-state index in [9.17, 15) is 26.4 Å². The predicted molar refractivity (Wildman–Crippen MR) is 86.2 cm³/mol. The van der Waals surface area contributed by atoms with Crippen LogP contribution in [0.15, 0.2) is 29.2 Å². The van der Waals surface area contributed by atoms with Crippen LogP contribution in [0.3, 0.4) is 0 Å². The Bertz CT molecular complexity index is 726. The van der Waals surface area contributed by atoms with Crippen molar-refractivity contribution in [3.63, 3.8) is 0 Å². The first-order valence-corrected chi connectivity index (χ1v) is 9.48. The second kappa shape index (κ2) is 7.33. The Kier molecular flexibility index (Phi) is 5.78. The maximum atomic E-state index is 13.1. The van der Waals surface area contributed by atoms with Gasteiger partial charge >= 0.3 is 6.18 Å². The monoisotopic (exact) mass is 378 g/mol.